The molecular weight excluding hydrogens is 272 g/mol. The number of hydrogen-bond acceptors (Lipinski definition) is 1. The Morgan fingerprint density at radius 3 is 2.45 bits per heavy atom. The lowest BCUT2D eigenvalue weighted by atomic mass is 10.1. The van der Waals surface area contributed by atoms with E-state index in [0.717, 1.165) is 11.1 Å². The van der Waals surface area contributed by atoms with E-state index in [1.54, 1.807) is 11.1 Å². The molecule has 22 heavy (non-hydrogen) atoms. The van der Waals surface area contributed by atoms with Crippen molar-refractivity contribution in [3.63, 3.8) is 0 Å². The Labute approximate surface area is 132 Å². The molecule has 0 radical (unpaired) electrons. The molecule has 0 spiro atoms. The van der Waals surface area contributed by atoms with E-state index >= 15 is 0 Å². The summed E-state index contributed by atoms with van der Waals surface area (Å²) in [5, 5.41) is 2.84. The molecular formula is C19H22N2O. The summed E-state index contributed by atoms with van der Waals surface area (Å²) in [6.45, 7) is 5.31. The number of nitrogens with zero attached hydrogens (tertiary/aromatic N) is 1. The van der Waals surface area contributed by atoms with Crippen molar-refractivity contribution in [2.24, 2.45) is 0 Å². The second-order valence-electron chi connectivity index (χ2n) is 5.14. The molecule has 0 aromatic heterocycles. The Kier molecular flexibility index (Phi) is 5.78. The summed E-state index contributed by atoms with van der Waals surface area (Å²) in [5.74, 6) is 0. The molecule has 0 bridgehead atoms. The van der Waals surface area contributed by atoms with Crippen LogP contribution in [0.4, 0.5) is 4.79 Å². The van der Waals surface area contributed by atoms with Crippen molar-refractivity contribution in [1.29, 1.82) is 0 Å². The van der Waals surface area contributed by atoms with Gasteiger partial charge < -0.3 is 10.2 Å². The molecule has 0 aliphatic rings. The van der Waals surface area contributed by atoms with Crippen LogP contribution >= 0.6 is 0 Å². The number of hydrogen-bond donors (Lipinski definition) is 1. The molecule has 0 saturated heterocycles. The molecule has 0 saturated carbocycles. The topological polar surface area (TPSA) is 32.3 Å². The zero-order valence-electron chi connectivity index (χ0n) is 13.1. The molecule has 1 N–H and O–H groups in total. The van der Waals surface area contributed by atoms with Gasteiger partial charge in [0.2, 0.25) is 0 Å². The molecule has 0 fully saturated rings. The van der Waals surface area contributed by atoms with E-state index in [4.69, 9.17) is 0 Å². The Morgan fingerprint density at radius 1 is 1.09 bits per heavy atom. The van der Waals surface area contributed by atoms with Gasteiger partial charge in [-0.2, -0.15) is 0 Å². The first-order valence-electron chi connectivity index (χ1n) is 7.52. The van der Waals surface area contributed by atoms with Crippen LogP contribution in [-0.4, -0.2) is 17.5 Å². The molecule has 0 heterocycles. The van der Waals surface area contributed by atoms with Gasteiger partial charge in [-0.15, -0.1) is 0 Å². The summed E-state index contributed by atoms with van der Waals surface area (Å²) in [4.78, 5) is 14.0. The first-order chi connectivity index (χ1) is 10.7. The van der Waals surface area contributed by atoms with E-state index in [1.807, 2.05) is 61.5 Å². The van der Waals surface area contributed by atoms with Crippen LogP contribution in [0.2, 0.25) is 0 Å². The Hall–Kier alpha value is -2.55. The lowest BCUT2D eigenvalue weighted by molar-refractivity contribution is 0.202. The van der Waals surface area contributed by atoms with Gasteiger partial charge in [-0.05, 0) is 36.6 Å². The van der Waals surface area contributed by atoms with Gasteiger partial charge in [0.15, 0.2) is 0 Å². The van der Waals surface area contributed by atoms with Gasteiger partial charge in [0.05, 0.1) is 0 Å². The summed E-state index contributed by atoms with van der Waals surface area (Å²) in [6, 6.07) is 18.0. The van der Waals surface area contributed by atoms with E-state index in [9.17, 15) is 4.79 Å². The highest BCUT2D eigenvalue weighted by molar-refractivity contribution is 5.76. The lowest BCUT2D eigenvalue weighted by Crippen LogP contribution is -2.36. The summed E-state index contributed by atoms with van der Waals surface area (Å²) in [6.07, 6.45) is 3.63. The van der Waals surface area contributed by atoms with Crippen LogP contribution in [0.25, 0.3) is 6.08 Å². The molecule has 114 valence electrons. The number of aryl methyl sites for hydroxylation is 1. The fourth-order valence-electron chi connectivity index (χ4n) is 2.20. The van der Waals surface area contributed by atoms with E-state index < -0.39 is 0 Å². The van der Waals surface area contributed by atoms with Crippen LogP contribution < -0.4 is 5.32 Å². The number of carbonyl (C=O) groups excluding carboxylic acids is 1. The van der Waals surface area contributed by atoms with Crippen molar-refractivity contribution in [2.45, 2.75) is 20.4 Å². The van der Waals surface area contributed by atoms with Gasteiger partial charge >= 0.3 is 6.03 Å². The average Bonchev–Trinajstić information content (AvgIpc) is 2.55. The zero-order chi connectivity index (χ0) is 15.8. The van der Waals surface area contributed by atoms with Crippen molar-refractivity contribution >= 4 is 12.1 Å². The molecule has 2 rings (SSSR count). The van der Waals surface area contributed by atoms with E-state index in [1.165, 1.54) is 5.56 Å². The number of rotatable bonds is 5. The summed E-state index contributed by atoms with van der Waals surface area (Å²) < 4.78 is 0. The van der Waals surface area contributed by atoms with Crippen LogP contribution in [0.1, 0.15) is 23.6 Å². The predicted octanol–water partition coefficient (Wildman–Crippen LogP) is 4.20. The Balaban J connectivity index is 1.94. The first-order valence-corrected chi connectivity index (χ1v) is 7.52. The van der Waals surface area contributed by atoms with Gasteiger partial charge in [-0.3, -0.25) is 0 Å². The predicted molar refractivity (Wildman–Crippen MR) is 91.3 cm³/mol. The quantitative estimate of drug-likeness (QED) is 0.880. The largest absolute Gasteiger partial charge is 0.321 e. The van der Waals surface area contributed by atoms with Gasteiger partial charge in [-0.25, -0.2) is 4.79 Å². The molecule has 3 nitrogen and oxygen atoms in total. The van der Waals surface area contributed by atoms with Crippen molar-refractivity contribution < 1.29 is 4.79 Å². The van der Waals surface area contributed by atoms with Gasteiger partial charge in [-0.1, -0.05) is 54.6 Å². The third-order valence-corrected chi connectivity index (χ3v) is 3.54. The third-order valence-electron chi connectivity index (χ3n) is 3.54. The number of nitrogens with one attached hydrogen (secondary N) is 1. The Bertz CT molecular complexity index is 635. The molecule has 0 aliphatic carbocycles. The van der Waals surface area contributed by atoms with Crippen molar-refractivity contribution in [3.8, 4) is 0 Å². The molecule has 0 unspecified atom stereocenters. The van der Waals surface area contributed by atoms with E-state index in [-0.39, 0.29) is 6.03 Å². The minimum absolute atomic E-state index is 0.0869. The van der Waals surface area contributed by atoms with Gasteiger partial charge in [0, 0.05) is 19.3 Å². The molecule has 3 heteroatoms. The summed E-state index contributed by atoms with van der Waals surface area (Å²) in [7, 11) is 0. The molecule has 2 amide bonds. The first kappa shape index (κ1) is 15.8. The van der Waals surface area contributed by atoms with Crippen molar-refractivity contribution in [3.05, 3.63) is 77.5 Å². The zero-order valence-corrected chi connectivity index (χ0v) is 13.1. The minimum Gasteiger partial charge on any atom is -0.321 e. The smallest absolute Gasteiger partial charge is 0.321 e. The summed E-state index contributed by atoms with van der Waals surface area (Å²) >= 11 is 0. The average molecular weight is 294 g/mol. The number of benzene rings is 2. The number of amides is 2. The van der Waals surface area contributed by atoms with E-state index in [2.05, 4.69) is 18.3 Å². The lowest BCUT2D eigenvalue weighted by Gasteiger charge is -2.20. The third kappa shape index (κ3) is 4.48. The van der Waals surface area contributed by atoms with Crippen LogP contribution in [0.15, 0.2) is 60.8 Å². The molecule has 0 atom stereocenters. The van der Waals surface area contributed by atoms with Gasteiger partial charge in [0.1, 0.15) is 0 Å². The molecule has 2 aromatic rings. The van der Waals surface area contributed by atoms with Crippen LogP contribution in [0, 0.1) is 6.92 Å². The number of urea groups is 1. The maximum absolute atomic E-state index is 12.2. The molecule has 2 aromatic carbocycles. The highest BCUT2D eigenvalue weighted by atomic mass is 16.2. The fourth-order valence-corrected chi connectivity index (χ4v) is 2.20. The van der Waals surface area contributed by atoms with Crippen LogP contribution in [0.5, 0.6) is 0 Å². The highest BCUT2D eigenvalue weighted by Gasteiger charge is 2.09. The Morgan fingerprint density at radius 2 is 1.77 bits per heavy atom. The standard InChI is InChI=1S/C19H22N2O/c1-3-21(15-17-10-5-4-6-11-17)19(22)20-14-13-18-12-8-7-9-16(18)2/h4-14H,3,15H2,1-2H3,(H,20,22)/b14-13+. The van der Waals surface area contributed by atoms with Crippen LogP contribution in [-0.2, 0) is 6.54 Å². The monoisotopic (exact) mass is 294 g/mol. The second kappa shape index (κ2) is 8.03. The van der Waals surface area contributed by atoms with Crippen molar-refractivity contribution in [2.75, 3.05) is 6.54 Å². The minimum atomic E-state index is -0.0869. The SMILES string of the molecule is CCN(Cc1ccccc1)C(=O)N/C=C/c1ccccc1C. The maximum Gasteiger partial charge on any atom is 0.321 e. The van der Waals surface area contributed by atoms with Crippen molar-refractivity contribution in [1.82, 2.24) is 10.2 Å². The second-order valence-corrected chi connectivity index (χ2v) is 5.14. The van der Waals surface area contributed by atoms with Crippen LogP contribution in [0.3, 0.4) is 0 Å². The van der Waals surface area contributed by atoms with Gasteiger partial charge in [0.25, 0.3) is 0 Å². The maximum atomic E-state index is 12.2. The highest BCUT2D eigenvalue weighted by Crippen LogP contribution is 2.08. The molecule has 0 aliphatic heterocycles. The summed E-state index contributed by atoms with van der Waals surface area (Å²) in [5.41, 5.74) is 3.42. The number of carbonyl (C=O) groups is 1. The normalized spacial score (nSPS) is 10.6. The fraction of sp³-hybridized carbons (Fsp3) is 0.211. The van der Waals surface area contributed by atoms with E-state index in [0.29, 0.717) is 13.1 Å².